The third-order valence-electron chi connectivity index (χ3n) is 3.14. The predicted octanol–water partition coefficient (Wildman–Crippen LogP) is -3.52. The highest BCUT2D eigenvalue weighted by atomic mass is 15.0. The molecule has 0 unspecified atom stereocenters. The summed E-state index contributed by atoms with van der Waals surface area (Å²) in [6.45, 7) is 4.23. The first-order chi connectivity index (χ1) is 8.69. The highest BCUT2D eigenvalue weighted by Crippen LogP contribution is 2.19. The van der Waals surface area contributed by atoms with Gasteiger partial charge in [0.25, 0.3) is 0 Å². The van der Waals surface area contributed by atoms with Crippen molar-refractivity contribution >= 4 is 54.2 Å². The number of nitrogens with two attached hydrogens (primary N) is 3. The summed E-state index contributed by atoms with van der Waals surface area (Å²) < 4.78 is 4.06. The summed E-state index contributed by atoms with van der Waals surface area (Å²) >= 11 is 0. The maximum atomic E-state index is 5.76. The predicted molar refractivity (Wildman–Crippen MR) is 91.1 cm³/mol. The molecule has 0 radical (unpaired) electrons. The fraction of sp³-hybridized carbons (Fsp3) is 0.250. The van der Waals surface area contributed by atoms with E-state index in [0.29, 0.717) is 22.6 Å². The molecule has 0 heterocycles. The van der Waals surface area contributed by atoms with Crippen molar-refractivity contribution in [3.05, 3.63) is 18.2 Å². The summed E-state index contributed by atoms with van der Waals surface area (Å²) in [6.07, 6.45) is 0. The Morgan fingerprint density at radius 1 is 0.833 bits per heavy atom. The van der Waals surface area contributed by atoms with Crippen LogP contribution in [-0.2, 0) is 0 Å². The van der Waals surface area contributed by atoms with Crippen LogP contribution in [0, 0.1) is 0 Å². The van der Waals surface area contributed by atoms with E-state index in [1.807, 2.05) is 4.72 Å². The van der Waals surface area contributed by atoms with Crippen LogP contribution in [0.4, 0.5) is 11.4 Å². The minimum absolute atomic E-state index is 0.415. The first-order valence-corrected chi connectivity index (χ1v) is 6.44. The molecule has 0 aromatic heterocycles. The van der Waals surface area contributed by atoms with Crippen LogP contribution in [0.1, 0.15) is 0 Å². The van der Waals surface area contributed by atoms with Gasteiger partial charge in [0.1, 0.15) is 0 Å². The Bertz CT molecular complexity index is 341. The zero-order valence-corrected chi connectivity index (χ0v) is 11.4. The number of nitrogens with zero attached hydrogens (tertiary/aromatic N) is 2. The highest BCUT2D eigenvalue weighted by molar-refractivity contribution is 6.62. The van der Waals surface area contributed by atoms with E-state index in [9.17, 15) is 0 Å². The van der Waals surface area contributed by atoms with Crippen LogP contribution in [0.2, 0.25) is 13.6 Å². The molecule has 1 rings (SSSR count). The molecular weight excluding hydrogens is 220 g/mol. The molecule has 1 aromatic carbocycles. The van der Waals surface area contributed by atoms with E-state index in [-0.39, 0.29) is 0 Å². The quantitative estimate of drug-likeness (QED) is 0.430. The molecule has 0 saturated carbocycles. The Hall–Kier alpha value is -0.975. The summed E-state index contributed by atoms with van der Waals surface area (Å²) in [5.74, 6) is 0. The first kappa shape index (κ1) is 15.1. The van der Waals surface area contributed by atoms with Gasteiger partial charge in [0, 0.05) is 11.4 Å². The van der Waals surface area contributed by atoms with Crippen LogP contribution < -0.4 is 31.8 Å². The Morgan fingerprint density at radius 2 is 1.33 bits per heavy atom. The number of hydrogen-bond donors (Lipinski definition) is 3. The van der Waals surface area contributed by atoms with Crippen molar-refractivity contribution in [2.75, 3.05) is 9.44 Å². The third kappa shape index (κ3) is 3.51. The maximum absolute atomic E-state index is 5.76. The largest absolute Gasteiger partial charge is 0.453 e. The molecular formula is C8H20B5N5. The lowest BCUT2D eigenvalue weighted by molar-refractivity contribution is 1.46. The summed E-state index contributed by atoms with van der Waals surface area (Å²) in [7, 11) is 3.20. The molecule has 0 amide bonds. The summed E-state index contributed by atoms with van der Waals surface area (Å²) in [4.78, 5) is 0. The minimum Gasteiger partial charge on any atom is -0.453 e. The Kier molecular flexibility index (Phi) is 6.25. The molecule has 0 spiro atoms. The Morgan fingerprint density at radius 3 is 1.72 bits per heavy atom. The van der Waals surface area contributed by atoms with E-state index in [2.05, 4.69) is 36.6 Å². The molecule has 0 aliphatic carbocycles. The zero-order chi connectivity index (χ0) is 13.5. The molecule has 0 saturated heterocycles. The maximum Gasteiger partial charge on any atom is 0.306 e. The molecule has 0 aliphatic heterocycles. The second-order valence-electron chi connectivity index (χ2n) is 4.15. The molecule has 1 aromatic rings. The van der Waals surface area contributed by atoms with Crippen LogP contribution in [0.5, 0.6) is 0 Å². The molecule has 5 nitrogen and oxygen atoms in total. The standard InChI is InChI=1S/C8H20B5N5/c1-9-6-3-7(17(10-2)11-14)5-8(4-6)18(12-15)13-16/h3-5,9-13H,14-16H2,1-2H3. The van der Waals surface area contributed by atoms with E-state index >= 15 is 0 Å². The van der Waals surface area contributed by atoms with Crippen LogP contribution in [-0.4, -0.2) is 37.3 Å². The van der Waals surface area contributed by atoms with Gasteiger partial charge in [0.2, 0.25) is 7.41 Å². The van der Waals surface area contributed by atoms with Crippen molar-refractivity contribution in [3.8, 4) is 0 Å². The zero-order valence-electron chi connectivity index (χ0n) is 11.4. The normalized spacial score (nSPS) is 9.39. The van der Waals surface area contributed by atoms with Gasteiger partial charge < -0.3 is 26.4 Å². The average molecular weight is 240 g/mol. The molecule has 0 aliphatic rings. The van der Waals surface area contributed by atoms with Gasteiger partial charge in [-0.25, -0.2) is 0 Å². The van der Waals surface area contributed by atoms with Crippen LogP contribution >= 0.6 is 0 Å². The smallest absolute Gasteiger partial charge is 0.306 e. The lowest BCUT2D eigenvalue weighted by Gasteiger charge is -2.26. The summed E-state index contributed by atoms with van der Waals surface area (Å²) in [6, 6.07) is 6.40. The van der Waals surface area contributed by atoms with Crippen molar-refractivity contribution in [2.45, 2.75) is 13.6 Å². The Labute approximate surface area is 113 Å². The van der Waals surface area contributed by atoms with E-state index in [4.69, 9.17) is 16.9 Å². The monoisotopic (exact) mass is 241 g/mol. The SMILES string of the molecule is CBc1cc(N(BC)BN)cc(N(BN)BN)c1. The number of hydrogen-bond acceptors (Lipinski definition) is 5. The van der Waals surface area contributed by atoms with Gasteiger partial charge >= 0.3 is 22.6 Å². The van der Waals surface area contributed by atoms with E-state index in [1.165, 1.54) is 5.46 Å². The van der Waals surface area contributed by atoms with Gasteiger partial charge in [0.15, 0.2) is 7.28 Å². The second-order valence-corrected chi connectivity index (χ2v) is 4.15. The summed E-state index contributed by atoms with van der Waals surface area (Å²) in [5, 5.41) is 0. The van der Waals surface area contributed by atoms with E-state index < -0.39 is 0 Å². The van der Waals surface area contributed by atoms with Gasteiger partial charge in [-0.05, 0) is 18.2 Å². The van der Waals surface area contributed by atoms with Gasteiger partial charge in [-0.2, -0.15) is 0 Å². The fourth-order valence-corrected chi connectivity index (χ4v) is 1.93. The number of anilines is 2. The molecule has 92 valence electrons. The second kappa shape index (κ2) is 7.46. The Balaban J connectivity index is 3.15. The van der Waals surface area contributed by atoms with Crippen LogP contribution in [0.15, 0.2) is 18.2 Å². The molecule has 0 fully saturated rings. The fourth-order valence-electron chi connectivity index (χ4n) is 1.93. The van der Waals surface area contributed by atoms with Gasteiger partial charge in [-0.15, -0.1) is 0 Å². The summed E-state index contributed by atoms with van der Waals surface area (Å²) in [5.41, 5.74) is 20.6. The van der Waals surface area contributed by atoms with Crippen LogP contribution in [0.3, 0.4) is 0 Å². The van der Waals surface area contributed by atoms with Crippen LogP contribution in [0.25, 0.3) is 0 Å². The molecule has 18 heavy (non-hydrogen) atoms. The number of rotatable bonds is 7. The van der Waals surface area contributed by atoms with Crippen molar-refractivity contribution < 1.29 is 0 Å². The van der Waals surface area contributed by atoms with E-state index in [1.54, 1.807) is 0 Å². The third-order valence-corrected chi connectivity index (χ3v) is 3.14. The van der Waals surface area contributed by atoms with Crippen molar-refractivity contribution in [1.29, 1.82) is 0 Å². The molecule has 0 bridgehead atoms. The molecule has 6 N–H and O–H groups in total. The first-order valence-electron chi connectivity index (χ1n) is 6.44. The van der Waals surface area contributed by atoms with Gasteiger partial charge in [0.05, 0.1) is 0 Å². The van der Waals surface area contributed by atoms with Gasteiger partial charge in [-0.1, -0.05) is 19.1 Å². The average Bonchev–Trinajstić information content (AvgIpc) is 2.41. The van der Waals surface area contributed by atoms with Crippen molar-refractivity contribution in [1.82, 2.24) is 0 Å². The van der Waals surface area contributed by atoms with Crippen molar-refractivity contribution in [3.63, 3.8) is 0 Å². The van der Waals surface area contributed by atoms with E-state index in [0.717, 1.165) is 26.1 Å². The van der Waals surface area contributed by atoms with Gasteiger partial charge in [-0.3, -0.25) is 0 Å². The highest BCUT2D eigenvalue weighted by Gasteiger charge is 2.10. The topological polar surface area (TPSA) is 84.5 Å². The lowest BCUT2D eigenvalue weighted by Crippen LogP contribution is -2.42. The molecule has 10 heteroatoms. The molecule has 0 atom stereocenters. The minimum atomic E-state index is 0.415. The lowest BCUT2D eigenvalue weighted by atomic mass is 9.72. The van der Waals surface area contributed by atoms with Crippen molar-refractivity contribution in [2.24, 2.45) is 16.9 Å². The number of benzene rings is 1.